The second kappa shape index (κ2) is 18.2. The molecule has 0 radical (unpaired) electrons. The summed E-state index contributed by atoms with van der Waals surface area (Å²) in [5, 5.41) is 3.43. The van der Waals surface area contributed by atoms with Crippen LogP contribution in [-0.4, -0.2) is 69.0 Å². The first-order valence-corrected chi connectivity index (χ1v) is 17.5. The number of nitrogens with zero attached hydrogens (tertiary/aromatic N) is 3. The van der Waals surface area contributed by atoms with E-state index in [1.54, 1.807) is 0 Å². The molecule has 0 atom stereocenters. The van der Waals surface area contributed by atoms with Gasteiger partial charge < -0.3 is 34.2 Å². The summed E-state index contributed by atoms with van der Waals surface area (Å²) in [4.78, 5) is 18.9. The predicted octanol–water partition coefficient (Wildman–Crippen LogP) is 7.78. The van der Waals surface area contributed by atoms with Crippen molar-refractivity contribution < 1.29 is 19.0 Å². The predicted molar refractivity (Wildman–Crippen MR) is 199 cm³/mol. The highest BCUT2D eigenvalue weighted by atomic mass is 16.6. The van der Waals surface area contributed by atoms with E-state index in [4.69, 9.17) is 14.2 Å². The fourth-order valence-corrected chi connectivity index (χ4v) is 5.78. The first-order valence-electron chi connectivity index (χ1n) is 17.5. The molecule has 49 heavy (non-hydrogen) atoms. The standard InChI is InChI=1S/C23H30N2O3.C18H22N2O/c1-23(2,3)28-22(26)25-15-7-14-24(16-17-25)20-10-12-21(13-11-20)27-18-19-8-5-4-6-9-19;1-2-5-16(6-3-1)15-21-18-9-7-17(8-10-18)20-13-4-11-19-12-14-20/h4-6,8-13H,7,14-18H2,1-3H3;1-3,5-10,19H,4,11-15H2. The average Bonchev–Trinajstić information content (AvgIpc) is 3.55. The molecule has 2 heterocycles. The molecule has 1 N–H and O–H groups in total. The van der Waals surface area contributed by atoms with Gasteiger partial charge >= 0.3 is 6.09 Å². The maximum Gasteiger partial charge on any atom is 0.410 e. The monoisotopic (exact) mass is 664 g/mol. The number of hydrogen-bond acceptors (Lipinski definition) is 7. The molecule has 0 aromatic heterocycles. The van der Waals surface area contributed by atoms with E-state index in [-0.39, 0.29) is 6.09 Å². The number of benzene rings is 4. The number of ether oxygens (including phenoxy) is 3. The van der Waals surface area contributed by atoms with Crippen LogP contribution in [-0.2, 0) is 18.0 Å². The van der Waals surface area contributed by atoms with Crippen molar-refractivity contribution >= 4 is 17.5 Å². The van der Waals surface area contributed by atoms with Crippen molar-refractivity contribution in [3.05, 3.63) is 120 Å². The average molecular weight is 665 g/mol. The van der Waals surface area contributed by atoms with E-state index >= 15 is 0 Å². The highest BCUT2D eigenvalue weighted by molar-refractivity contribution is 5.68. The molecule has 2 aliphatic rings. The van der Waals surface area contributed by atoms with Crippen LogP contribution in [0.25, 0.3) is 0 Å². The SMILES string of the molecule is CC(C)(C)OC(=O)N1CCCN(c2ccc(OCc3ccccc3)cc2)CC1.c1ccc(COc2ccc(N3CCCNCC3)cc2)cc1. The molecule has 2 saturated heterocycles. The van der Waals surface area contributed by atoms with Gasteiger partial charge in [0.1, 0.15) is 30.3 Å². The number of hydrogen-bond donors (Lipinski definition) is 1. The lowest BCUT2D eigenvalue weighted by Crippen LogP contribution is -2.39. The molecule has 4 aromatic rings. The van der Waals surface area contributed by atoms with Gasteiger partial charge in [0.2, 0.25) is 0 Å². The molecule has 2 aliphatic heterocycles. The second-order valence-electron chi connectivity index (χ2n) is 13.4. The van der Waals surface area contributed by atoms with E-state index in [1.807, 2.05) is 74.2 Å². The summed E-state index contributed by atoms with van der Waals surface area (Å²) in [6.07, 6.45) is 1.90. The summed E-state index contributed by atoms with van der Waals surface area (Å²) in [5.74, 6) is 1.79. The van der Waals surface area contributed by atoms with Crippen LogP contribution >= 0.6 is 0 Å². The van der Waals surface area contributed by atoms with E-state index in [2.05, 4.69) is 75.8 Å². The molecule has 2 fully saturated rings. The van der Waals surface area contributed by atoms with Crippen LogP contribution in [0.3, 0.4) is 0 Å². The number of carbonyl (C=O) groups is 1. The lowest BCUT2D eigenvalue weighted by molar-refractivity contribution is 0.0263. The van der Waals surface area contributed by atoms with Crippen molar-refractivity contribution in [2.45, 2.75) is 52.4 Å². The van der Waals surface area contributed by atoms with E-state index in [0.29, 0.717) is 19.8 Å². The van der Waals surface area contributed by atoms with Gasteiger partial charge in [-0.15, -0.1) is 0 Å². The zero-order chi connectivity index (χ0) is 34.3. The van der Waals surface area contributed by atoms with Gasteiger partial charge in [0.15, 0.2) is 0 Å². The fourth-order valence-electron chi connectivity index (χ4n) is 5.78. The number of anilines is 2. The summed E-state index contributed by atoms with van der Waals surface area (Å²) in [5.41, 5.74) is 4.32. The van der Waals surface area contributed by atoms with E-state index in [0.717, 1.165) is 75.0 Å². The van der Waals surface area contributed by atoms with Crippen LogP contribution in [0.4, 0.5) is 16.2 Å². The van der Waals surface area contributed by atoms with Crippen LogP contribution < -0.4 is 24.6 Å². The molecular weight excluding hydrogens is 612 g/mol. The molecule has 4 aromatic carbocycles. The summed E-state index contributed by atoms with van der Waals surface area (Å²) >= 11 is 0. The van der Waals surface area contributed by atoms with Gasteiger partial charge in [-0.2, -0.15) is 0 Å². The summed E-state index contributed by atoms with van der Waals surface area (Å²) in [6, 6.07) is 37.0. The van der Waals surface area contributed by atoms with E-state index < -0.39 is 5.60 Å². The summed E-state index contributed by atoms with van der Waals surface area (Å²) < 4.78 is 17.2. The maximum atomic E-state index is 12.3. The molecule has 0 unspecified atom stereocenters. The van der Waals surface area contributed by atoms with Gasteiger partial charge in [-0.1, -0.05) is 60.7 Å². The lowest BCUT2D eigenvalue weighted by Gasteiger charge is -2.27. The number of rotatable bonds is 8. The minimum atomic E-state index is -0.460. The Bertz CT molecular complexity index is 1520. The Balaban J connectivity index is 0.000000199. The third-order valence-electron chi connectivity index (χ3n) is 8.39. The van der Waals surface area contributed by atoms with Crippen molar-refractivity contribution in [1.29, 1.82) is 0 Å². The topological polar surface area (TPSA) is 66.5 Å². The third-order valence-corrected chi connectivity index (χ3v) is 8.39. The Morgan fingerprint density at radius 2 is 1.10 bits per heavy atom. The Kier molecular flexibility index (Phi) is 13.2. The zero-order valence-corrected chi connectivity index (χ0v) is 29.4. The van der Waals surface area contributed by atoms with E-state index in [9.17, 15) is 4.79 Å². The molecule has 0 bridgehead atoms. The molecule has 0 saturated carbocycles. The van der Waals surface area contributed by atoms with Crippen molar-refractivity contribution in [3.8, 4) is 11.5 Å². The van der Waals surface area contributed by atoms with Gasteiger partial charge in [0.25, 0.3) is 0 Å². The summed E-state index contributed by atoms with van der Waals surface area (Å²) in [7, 11) is 0. The molecule has 260 valence electrons. The number of carbonyl (C=O) groups excluding carboxylic acids is 1. The minimum absolute atomic E-state index is 0.223. The quantitative estimate of drug-likeness (QED) is 0.206. The van der Waals surface area contributed by atoms with Crippen LogP contribution in [0.1, 0.15) is 44.7 Å². The first-order chi connectivity index (χ1) is 23.8. The molecule has 8 nitrogen and oxygen atoms in total. The molecule has 0 aliphatic carbocycles. The first kappa shape index (κ1) is 35.6. The Labute approximate surface area is 292 Å². The molecule has 8 heteroatoms. The van der Waals surface area contributed by atoms with Crippen molar-refractivity contribution in [3.63, 3.8) is 0 Å². The highest BCUT2D eigenvalue weighted by Crippen LogP contribution is 2.23. The zero-order valence-electron chi connectivity index (χ0n) is 29.4. The molecule has 1 amide bonds. The lowest BCUT2D eigenvalue weighted by atomic mass is 10.2. The fraction of sp³-hybridized carbons (Fsp3) is 0.390. The second-order valence-corrected chi connectivity index (χ2v) is 13.4. The van der Waals surface area contributed by atoms with Crippen molar-refractivity contribution in [2.75, 3.05) is 62.2 Å². The summed E-state index contributed by atoms with van der Waals surface area (Å²) in [6.45, 7) is 14.4. The maximum absolute atomic E-state index is 12.3. The van der Waals surface area contributed by atoms with Gasteiger partial charge in [0.05, 0.1) is 0 Å². The molecule has 0 spiro atoms. The van der Waals surface area contributed by atoms with Gasteiger partial charge in [-0.05, 0) is 99.8 Å². The number of nitrogens with one attached hydrogen (secondary N) is 1. The van der Waals surface area contributed by atoms with Crippen molar-refractivity contribution in [1.82, 2.24) is 10.2 Å². The molecular formula is C41H52N4O4. The highest BCUT2D eigenvalue weighted by Gasteiger charge is 2.24. The third kappa shape index (κ3) is 12.1. The van der Waals surface area contributed by atoms with Gasteiger partial charge in [-0.3, -0.25) is 0 Å². The Morgan fingerprint density at radius 1 is 0.592 bits per heavy atom. The Hall–Kier alpha value is -4.69. The van der Waals surface area contributed by atoms with Crippen LogP contribution in [0, 0.1) is 0 Å². The van der Waals surface area contributed by atoms with Crippen LogP contribution in [0.15, 0.2) is 109 Å². The van der Waals surface area contributed by atoms with E-state index in [1.165, 1.54) is 17.7 Å². The van der Waals surface area contributed by atoms with Crippen molar-refractivity contribution in [2.24, 2.45) is 0 Å². The van der Waals surface area contributed by atoms with Gasteiger partial charge in [-0.25, -0.2) is 4.79 Å². The normalized spacial score (nSPS) is 15.3. The largest absolute Gasteiger partial charge is 0.489 e. The molecule has 6 rings (SSSR count). The van der Waals surface area contributed by atoms with Crippen LogP contribution in [0.5, 0.6) is 11.5 Å². The minimum Gasteiger partial charge on any atom is -0.489 e. The smallest absolute Gasteiger partial charge is 0.410 e. The number of amides is 1. The Morgan fingerprint density at radius 3 is 1.63 bits per heavy atom. The van der Waals surface area contributed by atoms with Crippen LogP contribution in [0.2, 0.25) is 0 Å². The van der Waals surface area contributed by atoms with Gasteiger partial charge in [0, 0.05) is 57.2 Å².